The number of nitrogens with two attached hydrogens (primary N) is 1. The number of carbonyl (C=O) groups is 1. The molecule has 18 heavy (non-hydrogen) atoms. The van der Waals surface area contributed by atoms with Gasteiger partial charge in [0.25, 0.3) is 0 Å². The summed E-state index contributed by atoms with van der Waals surface area (Å²) >= 11 is 0. The molecule has 0 fully saturated rings. The van der Waals surface area contributed by atoms with Crippen LogP contribution in [0.25, 0.3) is 0 Å². The maximum atomic E-state index is 11.0. The second kappa shape index (κ2) is 6.32. The summed E-state index contributed by atoms with van der Waals surface area (Å²) in [5, 5.41) is 21.6. The highest BCUT2D eigenvalue weighted by atomic mass is 16.3. The highest BCUT2D eigenvalue weighted by molar-refractivity contribution is 5.93. The van der Waals surface area contributed by atoms with Gasteiger partial charge in [-0.25, -0.2) is 4.98 Å². The van der Waals surface area contributed by atoms with E-state index in [-0.39, 0.29) is 13.2 Å². The molecule has 0 radical (unpaired) electrons. The third-order valence-corrected chi connectivity index (χ3v) is 2.57. The number of hydrogen-bond donors (Lipinski definition) is 4. The third kappa shape index (κ3) is 4.68. The maximum absolute atomic E-state index is 11.0. The van der Waals surface area contributed by atoms with E-state index < -0.39 is 11.5 Å². The summed E-state index contributed by atoms with van der Waals surface area (Å²) in [5.74, 6) is -0.0388. The van der Waals surface area contributed by atoms with Gasteiger partial charge in [-0.05, 0) is 31.9 Å². The van der Waals surface area contributed by atoms with Crippen molar-refractivity contribution in [2.24, 2.45) is 5.73 Å². The molecule has 1 amide bonds. The Morgan fingerprint density at radius 3 is 2.94 bits per heavy atom. The van der Waals surface area contributed by atoms with Crippen molar-refractivity contribution in [3.05, 3.63) is 23.9 Å². The highest BCUT2D eigenvalue weighted by Gasteiger charge is 2.19. The fraction of sp³-hybridized carbons (Fsp3) is 0.500. The summed E-state index contributed by atoms with van der Waals surface area (Å²) in [5.41, 5.74) is 4.58. The van der Waals surface area contributed by atoms with E-state index in [1.165, 1.54) is 18.3 Å². The van der Waals surface area contributed by atoms with Crippen LogP contribution in [-0.4, -0.2) is 39.9 Å². The third-order valence-electron chi connectivity index (χ3n) is 2.57. The lowest BCUT2D eigenvalue weighted by molar-refractivity contribution is 0.0565. The van der Waals surface area contributed by atoms with Gasteiger partial charge < -0.3 is 21.3 Å². The van der Waals surface area contributed by atoms with Crippen LogP contribution in [0.4, 0.5) is 5.82 Å². The average molecular weight is 253 g/mol. The van der Waals surface area contributed by atoms with Crippen molar-refractivity contribution in [2.75, 3.05) is 18.5 Å². The van der Waals surface area contributed by atoms with Crippen molar-refractivity contribution in [1.29, 1.82) is 0 Å². The van der Waals surface area contributed by atoms with E-state index >= 15 is 0 Å². The van der Waals surface area contributed by atoms with E-state index in [1.54, 1.807) is 6.92 Å². The Morgan fingerprint density at radius 1 is 1.61 bits per heavy atom. The first-order chi connectivity index (χ1) is 8.44. The number of aromatic nitrogens is 1. The molecule has 1 heterocycles. The molecule has 1 atom stereocenters. The van der Waals surface area contributed by atoms with E-state index in [0.29, 0.717) is 24.2 Å². The lowest BCUT2D eigenvalue weighted by atomic mass is 10.0. The lowest BCUT2D eigenvalue weighted by Crippen LogP contribution is -2.33. The van der Waals surface area contributed by atoms with Crippen LogP contribution in [0, 0.1) is 0 Å². The molecule has 0 aliphatic heterocycles. The van der Waals surface area contributed by atoms with Gasteiger partial charge in [0, 0.05) is 24.9 Å². The molecule has 0 unspecified atom stereocenters. The molecule has 1 aromatic rings. The molecule has 0 aliphatic rings. The van der Waals surface area contributed by atoms with Gasteiger partial charge in [-0.2, -0.15) is 0 Å². The molecule has 0 saturated carbocycles. The van der Waals surface area contributed by atoms with Gasteiger partial charge in [0.15, 0.2) is 0 Å². The molecule has 0 bridgehead atoms. The number of amides is 1. The number of rotatable bonds is 7. The first-order valence-electron chi connectivity index (χ1n) is 5.77. The smallest absolute Gasteiger partial charge is 0.248 e. The molecule has 6 heteroatoms. The van der Waals surface area contributed by atoms with E-state index in [2.05, 4.69) is 10.3 Å². The minimum absolute atomic E-state index is 0.0472. The van der Waals surface area contributed by atoms with Gasteiger partial charge in [0.05, 0.1) is 5.60 Å². The van der Waals surface area contributed by atoms with Crippen LogP contribution in [0.1, 0.15) is 30.1 Å². The number of nitrogens with zero attached hydrogens (tertiary/aromatic N) is 1. The Balaban J connectivity index is 2.57. The summed E-state index contributed by atoms with van der Waals surface area (Å²) < 4.78 is 0. The zero-order valence-electron chi connectivity index (χ0n) is 10.4. The molecule has 6 nitrogen and oxygen atoms in total. The zero-order valence-corrected chi connectivity index (χ0v) is 10.4. The normalized spacial score (nSPS) is 13.9. The highest BCUT2D eigenvalue weighted by Crippen LogP contribution is 2.13. The fourth-order valence-electron chi connectivity index (χ4n) is 1.51. The van der Waals surface area contributed by atoms with Crippen LogP contribution in [-0.2, 0) is 0 Å². The number of hydrogen-bond acceptors (Lipinski definition) is 5. The molecule has 0 spiro atoms. The van der Waals surface area contributed by atoms with Gasteiger partial charge in [-0.15, -0.1) is 0 Å². The van der Waals surface area contributed by atoms with Gasteiger partial charge in [0.2, 0.25) is 5.91 Å². The molecule has 1 rings (SSSR count). The number of pyridine rings is 1. The number of primary amides is 1. The summed E-state index contributed by atoms with van der Waals surface area (Å²) in [7, 11) is 0. The van der Waals surface area contributed by atoms with Crippen LogP contribution in [0.5, 0.6) is 0 Å². The van der Waals surface area contributed by atoms with Crippen molar-refractivity contribution in [1.82, 2.24) is 4.98 Å². The van der Waals surface area contributed by atoms with E-state index in [9.17, 15) is 9.90 Å². The van der Waals surface area contributed by atoms with Crippen molar-refractivity contribution in [3.8, 4) is 0 Å². The summed E-state index contributed by atoms with van der Waals surface area (Å²) in [6.07, 6.45) is 2.49. The predicted octanol–water partition coefficient (Wildman–Crippen LogP) is 0.116. The molecule has 5 N–H and O–H groups in total. The maximum Gasteiger partial charge on any atom is 0.248 e. The molecule has 1 aromatic heterocycles. The summed E-state index contributed by atoms with van der Waals surface area (Å²) in [6.45, 7) is 2.00. The summed E-state index contributed by atoms with van der Waals surface area (Å²) in [4.78, 5) is 15.0. The largest absolute Gasteiger partial charge is 0.396 e. The number of nitrogens with one attached hydrogen (secondary N) is 1. The Morgan fingerprint density at radius 2 is 2.33 bits per heavy atom. The minimum Gasteiger partial charge on any atom is -0.396 e. The Bertz CT molecular complexity index is 407. The van der Waals surface area contributed by atoms with Gasteiger partial charge in [-0.1, -0.05) is 0 Å². The topological polar surface area (TPSA) is 108 Å². The second-order valence-electron chi connectivity index (χ2n) is 4.47. The zero-order chi connectivity index (χ0) is 13.6. The van der Waals surface area contributed by atoms with E-state index in [0.717, 1.165) is 0 Å². The second-order valence-corrected chi connectivity index (χ2v) is 4.47. The minimum atomic E-state index is -0.937. The Hall–Kier alpha value is -1.66. The van der Waals surface area contributed by atoms with Crippen molar-refractivity contribution < 1.29 is 15.0 Å². The fourth-order valence-corrected chi connectivity index (χ4v) is 1.51. The number of aliphatic hydroxyl groups excluding tert-OH is 1. The molecular formula is C12H19N3O3. The van der Waals surface area contributed by atoms with Crippen LogP contribution in [0.2, 0.25) is 0 Å². The lowest BCUT2D eigenvalue weighted by Gasteiger charge is -2.23. The molecule has 100 valence electrons. The van der Waals surface area contributed by atoms with Crippen molar-refractivity contribution >= 4 is 11.7 Å². The predicted molar refractivity (Wildman–Crippen MR) is 68.2 cm³/mol. The molecule has 0 aliphatic carbocycles. The quantitative estimate of drug-likeness (QED) is 0.552. The average Bonchev–Trinajstić information content (AvgIpc) is 2.34. The standard InChI is InChI=1S/C12H19N3O3/c1-12(18,4-2-6-16)8-15-10-7-9(11(13)17)3-5-14-10/h3,5,7,16,18H,2,4,6,8H2,1H3,(H2,13,17)(H,14,15)/t12-/m0/s1. The number of anilines is 1. The first-order valence-corrected chi connectivity index (χ1v) is 5.77. The van der Waals surface area contributed by atoms with Crippen LogP contribution in [0.3, 0.4) is 0 Å². The van der Waals surface area contributed by atoms with E-state index in [1.807, 2.05) is 0 Å². The van der Waals surface area contributed by atoms with Gasteiger partial charge in [0.1, 0.15) is 5.82 Å². The van der Waals surface area contributed by atoms with Crippen molar-refractivity contribution in [2.45, 2.75) is 25.4 Å². The molecular weight excluding hydrogens is 234 g/mol. The molecule has 0 aromatic carbocycles. The Labute approximate surface area is 106 Å². The van der Waals surface area contributed by atoms with Gasteiger partial charge >= 0.3 is 0 Å². The SMILES string of the molecule is C[C@](O)(CCCO)CNc1cc(C(N)=O)ccn1. The van der Waals surface area contributed by atoms with Crippen molar-refractivity contribution in [3.63, 3.8) is 0 Å². The van der Waals surface area contributed by atoms with Crippen LogP contribution < -0.4 is 11.1 Å². The van der Waals surface area contributed by atoms with E-state index in [4.69, 9.17) is 10.8 Å². The number of carbonyl (C=O) groups excluding carboxylic acids is 1. The first kappa shape index (κ1) is 14.4. The van der Waals surface area contributed by atoms with Gasteiger partial charge in [-0.3, -0.25) is 4.79 Å². The monoisotopic (exact) mass is 253 g/mol. The number of aliphatic hydroxyl groups is 2. The van der Waals surface area contributed by atoms with Crippen LogP contribution in [0.15, 0.2) is 18.3 Å². The van der Waals surface area contributed by atoms with Crippen LogP contribution >= 0.6 is 0 Å². The Kier molecular flexibility index (Phi) is 5.06. The molecule has 0 saturated heterocycles. The summed E-state index contributed by atoms with van der Waals surface area (Å²) in [6, 6.07) is 3.06.